The lowest BCUT2D eigenvalue weighted by molar-refractivity contribution is 0.0705. The second-order valence-corrected chi connectivity index (χ2v) is 8.04. The molecule has 1 saturated heterocycles. The van der Waals surface area contributed by atoms with Crippen molar-refractivity contribution in [3.8, 4) is 0 Å². The van der Waals surface area contributed by atoms with E-state index in [2.05, 4.69) is 16.9 Å². The van der Waals surface area contributed by atoms with E-state index in [1.165, 1.54) is 4.88 Å². The maximum absolute atomic E-state index is 12.9. The third-order valence-corrected chi connectivity index (χ3v) is 6.09. The highest BCUT2D eigenvalue weighted by Gasteiger charge is 2.29. The van der Waals surface area contributed by atoms with E-state index in [9.17, 15) is 9.59 Å². The second kappa shape index (κ2) is 6.16. The molecule has 0 unspecified atom stereocenters. The van der Waals surface area contributed by atoms with E-state index in [4.69, 9.17) is 0 Å². The Morgan fingerprint density at radius 2 is 2.25 bits per heavy atom. The minimum atomic E-state index is -0.243. The van der Waals surface area contributed by atoms with E-state index in [0.717, 1.165) is 54.9 Å². The Hall–Kier alpha value is -1.95. The van der Waals surface area contributed by atoms with E-state index in [0.29, 0.717) is 12.1 Å². The summed E-state index contributed by atoms with van der Waals surface area (Å²) < 4.78 is 0. The van der Waals surface area contributed by atoms with Crippen LogP contribution in [0.15, 0.2) is 17.1 Å². The van der Waals surface area contributed by atoms with Crippen LogP contribution >= 0.6 is 11.3 Å². The first kappa shape index (κ1) is 15.6. The Morgan fingerprint density at radius 3 is 3.04 bits per heavy atom. The van der Waals surface area contributed by atoms with Crippen LogP contribution in [0.3, 0.4) is 0 Å². The molecule has 1 aliphatic carbocycles. The molecule has 1 N–H and O–H groups in total. The molecule has 0 spiro atoms. The normalized spacial score (nSPS) is 20.2. The zero-order valence-electron chi connectivity index (χ0n) is 13.8. The number of aromatic amines is 1. The molecule has 2 aliphatic rings. The van der Waals surface area contributed by atoms with Gasteiger partial charge in [0.1, 0.15) is 5.56 Å². The third kappa shape index (κ3) is 2.79. The first-order chi connectivity index (χ1) is 11.6. The summed E-state index contributed by atoms with van der Waals surface area (Å²) in [5, 5.41) is 1.10. The van der Waals surface area contributed by atoms with Crippen molar-refractivity contribution in [2.45, 2.75) is 44.9 Å². The van der Waals surface area contributed by atoms with Gasteiger partial charge < -0.3 is 9.88 Å². The highest BCUT2D eigenvalue weighted by Crippen LogP contribution is 2.30. The Bertz CT molecular complexity index is 839. The molecule has 1 fully saturated rings. The van der Waals surface area contributed by atoms with Gasteiger partial charge >= 0.3 is 0 Å². The number of nitrogens with one attached hydrogen (secondary N) is 1. The van der Waals surface area contributed by atoms with Gasteiger partial charge in [0, 0.05) is 35.8 Å². The van der Waals surface area contributed by atoms with E-state index < -0.39 is 0 Å². The fourth-order valence-electron chi connectivity index (χ4n) is 3.77. The van der Waals surface area contributed by atoms with Crippen LogP contribution in [-0.2, 0) is 12.8 Å². The van der Waals surface area contributed by atoms with Gasteiger partial charge in [0.2, 0.25) is 0 Å². The van der Waals surface area contributed by atoms with Gasteiger partial charge in [0.05, 0.1) is 5.01 Å². The molecule has 0 saturated carbocycles. The summed E-state index contributed by atoms with van der Waals surface area (Å²) in [5.41, 5.74) is 2.19. The van der Waals surface area contributed by atoms with Gasteiger partial charge in [-0.2, -0.15) is 0 Å². The molecular weight excluding hydrogens is 322 g/mol. The number of rotatable bonds is 2. The van der Waals surface area contributed by atoms with Gasteiger partial charge in [0.25, 0.3) is 11.5 Å². The summed E-state index contributed by atoms with van der Waals surface area (Å²) in [4.78, 5) is 35.6. The van der Waals surface area contributed by atoms with Gasteiger partial charge in [-0.25, -0.2) is 4.98 Å². The van der Waals surface area contributed by atoms with Crippen LogP contribution in [0.1, 0.15) is 56.7 Å². The van der Waals surface area contributed by atoms with Crippen molar-refractivity contribution in [3.05, 3.63) is 49.3 Å². The lowest BCUT2D eigenvalue weighted by Gasteiger charge is -2.31. The molecule has 1 amide bonds. The van der Waals surface area contributed by atoms with E-state index in [1.54, 1.807) is 11.3 Å². The molecule has 1 aliphatic heterocycles. The van der Waals surface area contributed by atoms with E-state index in [1.807, 2.05) is 17.2 Å². The number of thiazole rings is 1. The van der Waals surface area contributed by atoms with Crippen molar-refractivity contribution in [1.29, 1.82) is 0 Å². The molecule has 2 aromatic rings. The maximum Gasteiger partial charge on any atom is 0.261 e. The number of pyridine rings is 1. The molecule has 4 rings (SSSR count). The first-order valence-corrected chi connectivity index (χ1v) is 9.40. The first-order valence-electron chi connectivity index (χ1n) is 8.58. The molecule has 126 valence electrons. The van der Waals surface area contributed by atoms with Crippen LogP contribution in [0, 0.1) is 6.92 Å². The minimum absolute atomic E-state index is 0.135. The Balaban J connectivity index is 1.57. The molecular formula is C18H21N3O2S. The van der Waals surface area contributed by atoms with Crippen LogP contribution in [0.2, 0.25) is 0 Å². The van der Waals surface area contributed by atoms with E-state index in [-0.39, 0.29) is 17.4 Å². The van der Waals surface area contributed by atoms with Gasteiger partial charge in [-0.05, 0) is 50.7 Å². The zero-order chi connectivity index (χ0) is 16.7. The molecule has 0 radical (unpaired) electrons. The Kier molecular flexibility index (Phi) is 4.00. The standard InChI is InChI=1S/C18H21N3O2S/c1-11-9-19-17(24-11)13-5-3-7-21(10-13)18(23)14-8-12-4-2-6-15(12)20-16(14)22/h8-9,13H,2-7,10H2,1H3,(H,20,22)/t13-/m1/s1. The van der Waals surface area contributed by atoms with Crippen LogP contribution in [0.4, 0.5) is 0 Å². The summed E-state index contributed by atoms with van der Waals surface area (Å²) in [6.45, 7) is 3.43. The molecule has 1 atom stereocenters. The third-order valence-electron chi connectivity index (χ3n) is 5.02. The molecule has 6 heteroatoms. The SMILES string of the molecule is Cc1cnc([C@@H]2CCCN(C(=O)c3cc4c([nH]c3=O)CCC4)C2)s1. The molecule has 2 aromatic heterocycles. The number of nitrogens with zero attached hydrogens (tertiary/aromatic N) is 2. The van der Waals surface area contributed by atoms with Gasteiger partial charge in [0.15, 0.2) is 0 Å². The predicted molar refractivity (Wildman–Crippen MR) is 93.8 cm³/mol. The number of aromatic nitrogens is 2. The number of amides is 1. The summed E-state index contributed by atoms with van der Waals surface area (Å²) >= 11 is 1.71. The van der Waals surface area contributed by atoms with E-state index >= 15 is 0 Å². The van der Waals surface area contributed by atoms with Crippen molar-refractivity contribution in [3.63, 3.8) is 0 Å². The fraction of sp³-hybridized carbons (Fsp3) is 0.500. The lowest BCUT2D eigenvalue weighted by atomic mass is 9.98. The number of hydrogen-bond donors (Lipinski definition) is 1. The maximum atomic E-state index is 12.9. The molecule has 24 heavy (non-hydrogen) atoms. The van der Waals surface area contributed by atoms with Crippen LogP contribution in [-0.4, -0.2) is 33.9 Å². The van der Waals surface area contributed by atoms with Gasteiger partial charge in [-0.3, -0.25) is 9.59 Å². The number of H-pyrrole nitrogens is 1. The number of carbonyl (C=O) groups is 1. The van der Waals surface area contributed by atoms with Crippen molar-refractivity contribution in [2.24, 2.45) is 0 Å². The van der Waals surface area contributed by atoms with Crippen LogP contribution in [0.5, 0.6) is 0 Å². The average molecular weight is 343 g/mol. The largest absolute Gasteiger partial charge is 0.338 e. The Labute approximate surface area is 144 Å². The molecule has 5 nitrogen and oxygen atoms in total. The van der Waals surface area contributed by atoms with Crippen LogP contribution in [0.25, 0.3) is 0 Å². The van der Waals surface area contributed by atoms with Crippen molar-refractivity contribution < 1.29 is 4.79 Å². The minimum Gasteiger partial charge on any atom is -0.338 e. The van der Waals surface area contributed by atoms with Crippen molar-refractivity contribution in [2.75, 3.05) is 13.1 Å². The zero-order valence-corrected chi connectivity index (χ0v) is 14.6. The van der Waals surface area contributed by atoms with Crippen molar-refractivity contribution in [1.82, 2.24) is 14.9 Å². The molecule has 0 bridgehead atoms. The number of piperidine rings is 1. The number of carbonyl (C=O) groups excluding carboxylic acids is 1. The summed E-state index contributed by atoms with van der Waals surface area (Å²) in [5.74, 6) is 0.152. The number of aryl methyl sites for hydroxylation is 3. The summed E-state index contributed by atoms with van der Waals surface area (Å²) in [6, 6.07) is 1.82. The predicted octanol–water partition coefficient (Wildman–Crippen LogP) is 2.65. The summed E-state index contributed by atoms with van der Waals surface area (Å²) in [7, 11) is 0. The summed E-state index contributed by atoms with van der Waals surface area (Å²) in [6.07, 6.45) is 6.82. The average Bonchev–Trinajstić information content (AvgIpc) is 3.22. The fourth-order valence-corrected chi connectivity index (χ4v) is 4.67. The highest BCUT2D eigenvalue weighted by molar-refractivity contribution is 7.11. The smallest absolute Gasteiger partial charge is 0.261 e. The number of likely N-dealkylation sites (tertiary alicyclic amines) is 1. The highest BCUT2D eigenvalue weighted by atomic mass is 32.1. The quantitative estimate of drug-likeness (QED) is 0.911. The van der Waals surface area contributed by atoms with Crippen molar-refractivity contribution >= 4 is 17.2 Å². The number of fused-ring (bicyclic) bond motifs is 1. The molecule has 0 aromatic carbocycles. The topological polar surface area (TPSA) is 66.1 Å². The van der Waals surface area contributed by atoms with Gasteiger partial charge in [-0.1, -0.05) is 0 Å². The number of hydrogen-bond acceptors (Lipinski definition) is 4. The second-order valence-electron chi connectivity index (χ2n) is 6.77. The molecule has 3 heterocycles. The monoisotopic (exact) mass is 343 g/mol. The van der Waals surface area contributed by atoms with Gasteiger partial charge in [-0.15, -0.1) is 11.3 Å². The lowest BCUT2D eigenvalue weighted by Crippen LogP contribution is -2.41. The Morgan fingerprint density at radius 1 is 1.38 bits per heavy atom. The van der Waals surface area contributed by atoms with Crippen LogP contribution < -0.4 is 5.56 Å².